The van der Waals surface area contributed by atoms with Crippen molar-refractivity contribution < 1.29 is 9.69 Å². The maximum Gasteiger partial charge on any atom is 0.276 e. The Morgan fingerprint density at radius 3 is 2.48 bits per heavy atom. The van der Waals surface area contributed by atoms with E-state index in [4.69, 9.17) is 0 Å². The molecule has 0 unspecified atom stereocenters. The molecule has 23 heavy (non-hydrogen) atoms. The summed E-state index contributed by atoms with van der Waals surface area (Å²) in [6.07, 6.45) is 0. The smallest absolute Gasteiger partial charge is 0.276 e. The number of quaternary nitrogens is 1. The zero-order valence-electron chi connectivity index (χ0n) is 14.3. The van der Waals surface area contributed by atoms with E-state index in [1.54, 1.807) is 6.92 Å². The van der Waals surface area contributed by atoms with Crippen LogP contribution in [0.25, 0.3) is 0 Å². The van der Waals surface area contributed by atoms with Crippen LogP contribution in [-0.4, -0.2) is 44.2 Å². The van der Waals surface area contributed by atoms with Crippen LogP contribution in [0.1, 0.15) is 20.8 Å². The predicted molar refractivity (Wildman–Crippen MR) is 91.2 cm³/mol. The average molecular weight is 315 g/mol. The molecule has 1 aliphatic heterocycles. The molecule has 2 rings (SSSR count). The Labute approximate surface area is 138 Å². The van der Waals surface area contributed by atoms with E-state index in [0.29, 0.717) is 6.54 Å². The van der Waals surface area contributed by atoms with Crippen LogP contribution in [-0.2, 0) is 4.79 Å². The van der Waals surface area contributed by atoms with Crippen LogP contribution >= 0.6 is 0 Å². The van der Waals surface area contributed by atoms with Gasteiger partial charge in [0.2, 0.25) is 0 Å². The van der Waals surface area contributed by atoms with Crippen LogP contribution in [0, 0.1) is 17.2 Å². The highest BCUT2D eigenvalue weighted by molar-refractivity contribution is 5.78. The molecule has 1 aromatic carbocycles. The fourth-order valence-electron chi connectivity index (χ4n) is 2.76. The van der Waals surface area contributed by atoms with Crippen molar-refractivity contribution in [1.29, 1.82) is 5.26 Å². The molecule has 5 heteroatoms. The maximum absolute atomic E-state index is 12.2. The first kappa shape index (κ1) is 17.3. The Morgan fingerprint density at radius 1 is 1.35 bits per heavy atom. The summed E-state index contributed by atoms with van der Waals surface area (Å²) in [7, 11) is 0. The SMILES string of the molecule is CC(C)[C@@](C)(C#N)NC(=O)C[NH+]1CCN(c2ccccc2)CC1. The molecule has 1 aliphatic rings. The first-order chi connectivity index (χ1) is 10.9. The second-order valence-corrected chi connectivity index (χ2v) is 6.77. The molecule has 0 bridgehead atoms. The minimum atomic E-state index is -0.789. The van der Waals surface area contributed by atoms with Crippen LogP contribution in [0.3, 0.4) is 0 Å². The van der Waals surface area contributed by atoms with Crippen molar-refractivity contribution in [2.45, 2.75) is 26.3 Å². The number of hydrogen-bond donors (Lipinski definition) is 2. The van der Waals surface area contributed by atoms with Gasteiger partial charge in [0, 0.05) is 5.69 Å². The lowest BCUT2D eigenvalue weighted by atomic mass is 9.90. The largest absolute Gasteiger partial charge is 0.360 e. The Bertz CT molecular complexity index is 558. The third-order valence-electron chi connectivity index (χ3n) is 4.79. The van der Waals surface area contributed by atoms with Gasteiger partial charge in [-0.05, 0) is 25.0 Å². The van der Waals surface area contributed by atoms with Gasteiger partial charge in [0.1, 0.15) is 5.54 Å². The number of amides is 1. The molecular formula is C18H27N4O+. The number of rotatable bonds is 5. The molecule has 1 fully saturated rings. The van der Waals surface area contributed by atoms with Gasteiger partial charge in [-0.3, -0.25) is 4.79 Å². The molecule has 0 saturated carbocycles. The summed E-state index contributed by atoms with van der Waals surface area (Å²) in [5.74, 6) is 0.0484. The van der Waals surface area contributed by atoms with Crippen LogP contribution in [0.4, 0.5) is 5.69 Å². The molecular weight excluding hydrogens is 288 g/mol. The lowest BCUT2D eigenvalue weighted by molar-refractivity contribution is -0.892. The molecule has 0 aliphatic carbocycles. The molecule has 1 saturated heterocycles. The standard InChI is InChI=1S/C18H26N4O/c1-15(2)18(3,14-19)20-17(23)13-21-9-11-22(12-10-21)16-7-5-4-6-8-16/h4-8,15H,9-13H2,1-3H3,(H,20,23)/p+1/t18-/m1/s1. The molecule has 1 atom stereocenters. The first-order valence-corrected chi connectivity index (χ1v) is 8.30. The van der Waals surface area contributed by atoms with Gasteiger partial charge in [-0.15, -0.1) is 0 Å². The minimum Gasteiger partial charge on any atom is -0.360 e. The van der Waals surface area contributed by atoms with E-state index in [1.165, 1.54) is 10.6 Å². The summed E-state index contributed by atoms with van der Waals surface area (Å²) in [5, 5.41) is 12.2. The van der Waals surface area contributed by atoms with Gasteiger partial charge in [0.25, 0.3) is 5.91 Å². The van der Waals surface area contributed by atoms with Crippen molar-refractivity contribution >= 4 is 11.6 Å². The number of nitrogens with one attached hydrogen (secondary N) is 2. The molecule has 0 aromatic heterocycles. The molecule has 2 N–H and O–H groups in total. The molecule has 5 nitrogen and oxygen atoms in total. The normalized spacial score (nSPS) is 18.3. The highest BCUT2D eigenvalue weighted by Crippen LogP contribution is 2.14. The number of nitrogens with zero attached hydrogens (tertiary/aromatic N) is 2. The first-order valence-electron chi connectivity index (χ1n) is 8.30. The molecule has 0 radical (unpaired) electrons. The number of carbonyl (C=O) groups is 1. The van der Waals surface area contributed by atoms with Crippen molar-refractivity contribution in [2.24, 2.45) is 5.92 Å². The minimum absolute atomic E-state index is 0.0362. The number of piperazine rings is 1. The monoisotopic (exact) mass is 315 g/mol. The number of benzene rings is 1. The second kappa shape index (κ2) is 7.47. The predicted octanol–water partition coefficient (Wildman–Crippen LogP) is 0.446. The fraction of sp³-hybridized carbons (Fsp3) is 0.556. The Morgan fingerprint density at radius 2 is 1.96 bits per heavy atom. The maximum atomic E-state index is 12.2. The van der Waals surface area contributed by atoms with Gasteiger partial charge >= 0.3 is 0 Å². The van der Waals surface area contributed by atoms with E-state index < -0.39 is 5.54 Å². The lowest BCUT2D eigenvalue weighted by Gasteiger charge is -2.34. The highest BCUT2D eigenvalue weighted by Gasteiger charge is 2.31. The van der Waals surface area contributed by atoms with Crippen molar-refractivity contribution in [2.75, 3.05) is 37.6 Å². The Balaban J connectivity index is 1.82. The van der Waals surface area contributed by atoms with Crippen LogP contribution < -0.4 is 15.1 Å². The Kier molecular flexibility index (Phi) is 5.62. The summed E-state index contributed by atoms with van der Waals surface area (Å²) < 4.78 is 0. The van der Waals surface area contributed by atoms with E-state index in [2.05, 4.69) is 40.6 Å². The van der Waals surface area contributed by atoms with Crippen LogP contribution in [0.15, 0.2) is 30.3 Å². The number of para-hydroxylation sites is 1. The zero-order valence-corrected chi connectivity index (χ0v) is 14.3. The van der Waals surface area contributed by atoms with E-state index in [9.17, 15) is 10.1 Å². The van der Waals surface area contributed by atoms with Crippen LogP contribution in [0.5, 0.6) is 0 Å². The molecule has 1 amide bonds. The summed E-state index contributed by atoms with van der Waals surface area (Å²) in [6, 6.07) is 12.6. The number of carbonyl (C=O) groups excluding carboxylic acids is 1. The van der Waals surface area contributed by atoms with Crippen LogP contribution in [0.2, 0.25) is 0 Å². The van der Waals surface area contributed by atoms with Crippen molar-refractivity contribution in [1.82, 2.24) is 5.32 Å². The van der Waals surface area contributed by atoms with Gasteiger partial charge in [0.05, 0.1) is 32.2 Å². The highest BCUT2D eigenvalue weighted by atomic mass is 16.2. The molecule has 1 heterocycles. The van der Waals surface area contributed by atoms with Gasteiger partial charge in [-0.1, -0.05) is 32.0 Å². The third kappa shape index (κ3) is 4.46. The number of hydrogen-bond acceptors (Lipinski definition) is 3. The third-order valence-corrected chi connectivity index (χ3v) is 4.79. The van der Waals surface area contributed by atoms with Crippen molar-refractivity contribution in [3.63, 3.8) is 0 Å². The topological polar surface area (TPSA) is 60.6 Å². The Hall–Kier alpha value is -2.06. The van der Waals surface area contributed by atoms with Crippen molar-refractivity contribution in [3.05, 3.63) is 30.3 Å². The molecule has 124 valence electrons. The summed E-state index contributed by atoms with van der Waals surface area (Å²) in [5.41, 5.74) is 0.454. The van der Waals surface area contributed by atoms with E-state index in [-0.39, 0.29) is 11.8 Å². The average Bonchev–Trinajstić information content (AvgIpc) is 2.56. The van der Waals surface area contributed by atoms with Gasteiger partial charge in [-0.2, -0.15) is 5.26 Å². The lowest BCUT2D eigenvalue weighted by Crippen LogP contribution is -3.16. The fourth-order valence-corrected chi connectivity index (χ4v) is 2.76. The second-order valence-electron chi connectivity index (χ2n) is 6.77. The zero-order chi connectivity index (χ0) is 16.9. The quantitative estimate of drug-likeness (QED) is 0.829. The molecule has 0 spiro atoms. The number of anilines is 1. The summed E-state index contributed by atoms with van der Waals surface area (Å²) in [4.78, 5) is 15.9. The summed E-state index contributed by atoms with van der Waals surface area (Å²) >= 11 is 0. The van der Waals surface area contributed by atoms with E-state index >= 15 is 0 Å². The van der Waals surface area contributed by atoms with E-state index in [1.807, 2.05) is 19.9 Å². The van der Waals surface area contributed by atoms with Gasteiger partial charge < -0.3 is 15.1 Å². The van der Waals surface area contributed by atoms with E-state index in [0.717, 1.165) is 26.2 Å². The van der Waals surface area contributed by atoms with Gasteiger partial charge in [-0.25, -0.2) is 0 Å². The molecule has 1 aromatic rings. The van der Waals surface area contributed by atoms with Gasteiger partial charge in [0.15, 0.2) is 6.54 Å². The number of nitriles is 1. The summed E-state index contributed by atoms with van der Waals surface area (Å²) in [6.45, 7) is 9.91. The van der Waals surface area contributed by atoms with Crippen molar-refractivity contribution in [3.8, 4) is 6.07 Å².